The van der Waals surface area contributed by atoms with Crippen molar-refractivity contribution in [1.82, 2.24) is 0 Å². The van der Waals surface area contributed by atoms with Crippen molar-refractivity contribution in [2.45, 2.75) is 6.54 Å². The Morgan fingerprint density at radius 1 is 0.966 bits per heavy atom. The number of hydrogen-bond acceptors (Lipinski definition) is 4. The fourth-order valence-corrected chi connectivity index (χ4v) is 3.16. The third-order valence-electron chi connectivity index (χ3n) is 4.05. The molecule has 7 heteroatoms. The van der Waals surface area contributed by atoms with Crippen molar-refractivity contribution in [3.63, 3.8) is 0 Å². The van der Waals surface area contributed by atoms with Crippen molar-refractivity contribution >= 4 is 40.5 Å². The van der Waals surface area contributed by atoms with Crippen molar-refractivity contribution in [3.8, 4) is 11.5 Å². The summed E-state index contributed by atoms with van der Waals surface area (Å²) in [7, 11) is 1.52. The van der Waals surface area contributed by atoms with Crippen LogP contribution in [0, 0.1) is 0 Å². The van der Waals surface area contributed by atoms with E-state index in [9.17, 15) is 4.79 Å². The monoisotopic (exact) mass is 430 g/mol. The number of ether oxygens (including phenoxy) is 2. The maximum atomic E-state index is 12.1. The Labute approximate surface area is 179 Å². The summed E-state index contributed by atoms with van der Waals surface area (Å²) in [5, 5.41) is 7.00. The molecule has 150 valence electrons. The van der Waals surface area contributed by atoms with Gasteiger partial charge in [0, 0.05) is 12.2 Å². The zero-order valence-electron chi connectivity index (χ0n) is 15.7. The first-order valence-electron chi connectivity index (χ1n) is 8.89. The summed E-state index contributed by atoms with van der Waals surface area (Å²) in [6, 6.07) is 20.2. The minimum atomic E-state index is -0.293. The second-order valence-corrected chi connectivity index (χ2v) is 6.96. The van der Waals surface area contributed by atoms with Crippen LogP contribution >= 0.6 is 23.2 Å². The van der Waals surface area contributed by atoms with E-state index >= 15 is 0 Å². The lowest BCUT2D eigenvalue weighted by atomic mass is 10.2. The van der Waals surface area contributed by atoms with Crippen LogP contribution in [-0.4, -0.2) is 19.6 Å². The first kappa shape index (κ1) is 20.8. The molecule has 0 spiro atoms. The summed E-state index contributed by atoms with van der Waals surface area (Å²) in [5.41, 5.74) is 2.40. The number of halogens is 2. The summed E-state index contributed by atoms with van der Waals surface area (Å²) < 4.78 is 11.0. The lowest BCUT2D eigenvalue weighted by molar-refractivity contribution is -0.118. The van der Waals surface area contributed by atoms with Gasteiger partial charge in [-0.2, -0.15) is 0 Å². The molecular weight excluding hydrogens is 411 g/mol. The predicted octanol–water partition coefficient (Wildman–Crippen LogP) is 5.63. The van der Waals surface area contributed by atoms with E-state index in [-0.39, 0.29) is 12.5 Å². The minimum Gasteiger partial charge on any atom is -0.493 e. The maximum absolute atomic E-state index is 12.1. The maximum Gasteiger partial charge on any atom is 0.262 e. The molecule has 0 saturated heterocycles. The van der Waals surface area contributed by atoms with Crippen molar-refractivity contribution in [2.75, 3.05) is 24.4 Å². The van der Waals surface area contributed by atoms with Gasteiger partial charge in [-0.15, -0.1) is 0 Å². The van der Waals surface area contributed by atoms with Gasteiger partial charge < -0.3 is 20.1 Å². The van der Waals surface area contributed by atoms with Gasteiger partial charge in [0.05, 0.1) is 22.8 Å². The fourth-order valence-electron chi connectivity index (χ4n) is 2.67. The quantitative estimate of drug-likeness (QED) is 0.485. The van der Waals surface area contributed by atoms with Crippen LogP contribution in [0.25, 0.3) is 0 Å². The molecule has 29 heavy (non-hydrogen) atoms. The molecule has 0 fully saturated rings. The number of rotatable bonds is 8. The first-order chi connectivity index (χ1) is 14.1. The number of benzene rings is 3. The number of amides is 1. The smallest absolute Gasteiger partial charge is 0.262 e. The van der Waals surface area contributed by atoms with E-state index in [4.69, 9.17) is 32.7 Å². The minimum absolute atomic E-state index is 0.192. The number of nitrogens with one attached hydrogen (secondary N) is 2. The fraction of sp³-hybridized carbons (Fsp3) is 0.136. The van der Waals surface area contributed by atoms with Gasteiger partial charge >= 0.3 is 0 Å². The predicted molar refractivity (Wildman–Crippen MR) is 117 cm³/mol. The van der Waals surface area contributed by atoms with E-state index in [0.717, 1.165) is 11.3 Å². The molecule has 0 saturated carbocycles. The van der Waals surface area contributed by atoms with Crippen LogP contribution in [0.2, 0.25) is 10.0 Å². The summed E-state index contributed by atoms with van der Waals surface area (Å²) >= 11 is 12.5. The van der Waals surface area contributed by atoms with E-state index in [1.54, 1.807) is 24.3 Å². The molecular formula is C22H20Cl2N2O3. The molecule has 2 N–H and O–H groups in total. The molecule has 0 aromatic heterocycles. The molecule has 0 bridgehead atoms. The summed E-state index contributed by atoms with van der Waals surface area (Å²) in [6.07, 6.45) is 0. The number of hydrogen-bond donors (Lipinski definition) is 2. The molecule has 3 aromatic rings. The molecule has 3 rings (SSSR count). The van der Waals surface area contributed by atoms with Crippen LogP contribution in [0.4, 0.5) is 11.4 Å². The van der Waals surface area contributed by atoms with Gasteiger partial charge in [0.25, 0.3) is 5.91 Å². The standard InChI is InChI=1S/C22H20Cl2N2O3/c1-28-20-12-15(13-25-19-10-6-5-9-17(19)23)11-18(24)22(20)29-14-21(27)26-16-7-3-2-4-8-16/h2-12,25H,13-14H2,1H3,(H,26,27). The van der Waals surface area contributed by atoms with Gasteiger partial charge in [0.15, 0.2) is 18.1 Å². The van der Waals surface area contributed by atoms with Crippen molar-refractivity contribution < 1.29 is 14.3 Å². The topological polar surface area (TPSA) is 59.6 Å². The van der Waals surface area contributed by atoms with Gasteiger partial charge in [-0.25, -0.2) is 0 Å². The SMILES string of the molecule is COc1cc(CNc2ccccc2Cl)cc(Cl)c1OCC(=O)Nc1ccccc1. The molecule has 1 amide bonds. The molecule has 0 aliphatic carbocycles. The van der Waals surface area contributed by atoms with Crippen LogP contribution in [0.15, 0.2) is 66.7 Å². The lowest BCUT2D eigenvalue weighted by Gasteiger charge is -2.15. The zero-order chi connectivity index (χ0) is 20.6. The first-order valence-corrected chi connectivity index (χ1v) is 9.65. The number of para-hydroxylation sites is 2. The molecule has 5 nitrogen and oxygen atoms in total. The highest BCUT2D eigenvalue weighted by atomic mass is 35.5. The normalized spacial score (nSPS) is 10.3. The Morgan fingerprint density at radius 2 is 1.69 bits per heavy atom. The largest absolute Gasteiger partial charge is 0.493 e. The van der Waals surface area contributed by atoms with E-state index in [1.165, 1.54) is 7.11 Å². The lowest BCUT2D eigenvalue weighted by Crippen LogP contribution is -2.20. The van der Waals surface area contributed by atoms with Gasteiger partial charge in [0.1, 0.15) is 0 Å². The Bertz CT molecular complexity index is 981. The van der Waals surface area contributed by atoms with E-state index < -0.39 is 0 Å². The molecule has 0 heterocycles. The zero-order valence-corrected chi connectivity index (χ0v) is 17.3. The Balaban J connectivity index is 1.65. The molecule has 0 radical (unpaired) electrons. The average Bonchev–Trinajstić information content (AvgIpc) is 2.72. The van der Waals surface area contributed by atoms with E-state index in [1.807, 2.05) is 42.5 Å². The summed E-state index contributed by atoms with van der Waals surface area (Å²) in [6.45, 7) is 0.302. The third-order valence-corrected chi connectivity index (χ3v) is 4.66. The van der Waals surface area contributed by atoms with Crippen LogP contribution in [-0.2, 0) is 11.3 Å². The summed E-state index contributed by atoms with van der Waals surface area (Å²) in [5.74, 6) is 0.471. The molecule has 0 aliphatic rings. The number of anilines is 2. The van der Waals surface area contributed by atoms with Gasteiger partial charge in [-0.05, 0) is 42.0 Å². The molecule has 0 unspecified atom stereocenters. The summed E-state index contributed by atoms with van der Waals surface area (Å²) in [4.78, 5) is 12.1. The van der Waals surface area contributed by atoms with Crippen molar-refractivity contribution in [1.29, 1.82) is 0 Å². The highest BCUT2D eigenvalue weighted by Crippen LogP contribution is 2.36. The third kappa shape index (κ3) is 5.79. The number of carbonyl (C=O) groups is 1. The molecule has 0 aliphatic heterocycles. The van der Waals surface area contributed by atoms with Gasteiger partial charge in [-0.3, -0.25) is 4.79 Å². The Kier molecular flexibility index (Phi) is 7.22. The second kappa shape index (κ2) is 10.0. The van der Waals surface area contributed by atoms with Crippen LogP contribution in [0.1, 0.15) is 5.56 Å². The Morgan fingerprint density at radius 3 is 2.41 bits per heavy atom. The van der Waals surface area contributed by atoms with E-state index in [2.05, 4.69) is 10.6 Å². The van der Waals surface area contributed by atoms with Gasteiger partial charge in [0.2, 0.25) is 0 Å². The molecule has 3 aromatic carbocycles. The van der Waals surface area contributed by atoms with Crippen molar-refractivity contribution in [2.24, 2.45) is 0 Å². The van der Waals surface area contributed by atoms with Crippen LogP contribution < -0.4 is 20.1 Å². The molecule has 0 atom stereocenters. The van der Waals surface area contributed by atoms with E-state index in [0.29, 0.717) is 33.8 Å². The van der Waals surface area contributed by atoms with Crippen molar-refractivity contribution in [3.05, 3.63) is 82.3 Å². The highest BCUT2D eigenvalue weighted by Gasteiger charge is 2.14. The number of carbonyl (C=O) groups excluding carboxylic acids is 1. The second-order valence-electron chi connectivity index (χ2n) is 6.15. The average molecular weight is 431 g/mol. The van der Waals surface area contributed by atoms with Crippen LogP contribution in [0.3, 0.4) is 0 Å². The van der Waals surface area contributed by atoms with Crippen LogP contribution in [0.5, 0.6) is 11.5 Å². The Hall–Kier alpha value is -2.89. The highest BCUT2D eigenvalue weighted by molar-refractivity contribution is 6.33. The van der Waals surface area contributed by atoms with Gasteiger partial charge in [-0.1, -0.05) is 53.5 Å². The number of methoxy groups -OCH3 is 1.